The third-order valence-electron chi connectivity index (χ3n) is 3.07. The molecule has 1 heterocycles. The zero-order valence-corrected chi connectivity index (χ0v) is 14.0. The molecule has 0 amide bonds. The number of thiophene rings is 1. The Balaban J connectivity index is 2.06. The Morgan fingerprint density at radius 2 is 2.11 bits per heavy atom. The average Bonchev–Trinajstić information content (AvgIpc) is 2.78. The minimum atomic E-state index is 0.565. The van der Waals surface area contributed by atoms with E-state index < -0.39 is 0 Å². The van der Waals surface area contributed by atoms with E-state index in [2.05, 4.69) is 44.8 Å². The summed E-state index contributed by atoms with van der Waals surface area (Å²) in [5.74, 6) is 0.565. The first-order valence-electron chi connectivity index (χ1n) is 6.30. The topological polar surface area (TPSA) is 12.0 Å². The highest BCUT2D eigenvalue weighted by Crippen LogP contribution is 2.25. The van der Waals surface area contributed by atoms with Gasteiger partial charge in [0, 0.05) is 19.8 Å². The zero-order chi connectivity index (χ0) is 13.7. The molecule has 0 aliphatic heterocycles. The number of hydrogen-bond acceptors (Lipinski definition) is 2. The Bertz CT molecular complexity index is 526. The van der Waals surface area contributed by atoms with Gasteiger partial charge in [-0.05, 0) is 66.0 Å². The van der Waals surface area contributed by atoms with Crippen LogP contribution < -0.4 is 5.32 Å². The van der Waals surface area contributed by atoms with Crippen molar-refractivity contribution in [2.24, 2.45) is 5.92 Å². The highest BCUT2D eigenvalue weighted by Gasteiger charge is 2.13. The van der Waals surface area contributed by atoms with Crippen LogP contribution in [0.4, 0.5) is 0 Å². The smallest absolute Gasteiger partial charge is 0.0438 e. The van der Waals surface area contributed by atoms with E-state index in [9.17, 15) is 0 Å². The number of benzene rings is 1. The zero-order valence-electron chi connectivity index (χ0n) is 10.8. The summed E-state index contributed by atoms with van der Waals surface area (Å²) in [4.78, 5) is 1.42. The van der Waals surface area contributed by atoms with Gasteiger partial charge in [-0.15, -0.1) is 11.3 Å². The first-order valence-corrected chi connectivity index (χ1v) is 8.35. The second-order valence-corrected chi connectivity index (χ2v) is 6.97. The van der Waals surface area contributed by atoms with Crippen molar-refractivity contribution in [3.05, 3.63) is 55.6 Å². The van der Waals surface area contributed by atoms with Crippen LogP contribution in [0.25, 0.3) is 0 Å². The van der Waals surface area contributed by atoms with E-state index in [-0.39, 0.29) is 0 Å². The van der Waals surface area contributed by atoms with Crippen LogP contribution >= 0.6 is 38.9 Å². The van der Waals surface area contributed by atoms with Crippen molar-refractivity contribution in [3.63, 3.8) is 0 Å². The largest absolute Gasteiger partial charge is 0.319 e. The fourth-order valence-electron chi connectivity index (χ4n) is 2.23. The number of hydrogen-bond donors (Lipinski definition) is 1. The monoisotopic (exact) mass is 357 g/mol. The summed E-state index contributed by atoms with van der Waals surface area (Å²) in [7, 11) is 2.00. The van der Waals surface area contributed by atoms with Gasteiger partial charge in [0.2, 0.25) is 0 Å². The molecular formula is C15H17BrClNS. The molecule has 0 aliphatic rings. The summed E-state index contributed by atoms with van der Waals surface area (Å²) in [6.45, 7) is 1.00. The molecule has 4 heteroatoms. The van der Waals surface area contributed by atoms with Crippen molar-refractivity contribution in [1.29, 1.82) is 0 Å². The average molecular weight is 359 g/mol. The van der Waals surface area contributed by atoms with Gasteiger partial charge in [0.15, 0.2) is 0 Å². The molecule has 1 atom stereocenters. The van der Waals surface area contributed by atoms with Crippen molar-refractivity contribution >= 4 is 38.9 Å². The van der Waals surface area contributed by atoms with E-state index >= 15 is 0 Å². The molecule has 1 N–H and O–H groups in total. The maximum absolute atomic E-state index is 6.25. The van der Waals surface area contributed by atoms with Gasteiger partial charge < -0.3 is 5.32 Å². The van der Waals surface area contributed by atoms with E-state index in [1.165, 1.54) is 14.9 Å². The van der Waals surface area contributed by atoms with Gasteiger partial charge in [0.05, 0.1) is 0 Å². The molecule has 1 aromatic carbocycles. The Morgan fingerprint density at radius 3 is 2.74 bits per heavy atom. The molecule has 1 nitrogen and oxygen atoms in total. The van der Waals surface area contributed by atoms with Crippen molar-refractivity contribution in [1.82, 2.24) is 5.32 Å². The lowest BCUT2D eigenvalue weighted by Gasteiger charge is -2.16. The lowest BCUT2D eigenvalue weighted by molar-refractivity contribution is 0.496. The quantitative estimate of drug-likeness (QED) is 0.783. The fraction of sp³-hybridized carbons (Fsp3) is 0.333. The summed E-state index contributed by atoms with van der Waals surface area (Å²) in [5, 5.41) is 6.30. The van der Waals surface area contributed by atoms with E-state index in [0.29, 0.717) is 5.92 Å². The summed E-state index contributed by atoms with van der Waals surface area (Å²) < 4.78 is 1.17. The molecule has 19 heavy (non-hydrogen) atoms. The number of halogens is 2. The first-order chi connectivity index (χ1) is 9.19. The molecule has 2 rings (SSSR count). The molecule has 102 valence electrons. The molecule has 0 radical (unpaired) electrons. The maximum Gasteiger partial charge on any atom is 0.0438 e. The number of nitrogens with one attached hydrogen (secondary N) is 1. The SMILES string of the molecule is CNCC(Cc1cc(Br)cs1)Cc1ccccc1Cl. The Labute approximate surface area is 132 Å². The minimum absolute atomic E-state index is 0.565. The lowest BCUT2D eigenvalue weighted by Crippen LogP contribution is -2.22. The van der Waals surface area contributed by atoms with E-state index in [0.717, 1.165) is 24.4 Å². The van der Waals surface area contributed by atoms with Gasteiger partial charge in [-0.1, -0.05) is 29.8 Å². The molecule has 0 fully saturated rings. The fourth-order valence-corrected chi connectivity index (χ4v) is 4.01. The Hall–Kier alpha value is -0.350. The normalized spacial score (nSPS) is 12.6. The van der Waals surface area contributed by atoms with Crippen LogP contribution in [-0.4, -0.2) is 13.6 Å². The minimum Gasteiger partial charge on any atom is -0.319 e. The van der Waals surface area contributed by atoms with Gasteiger partial charge >= 0.3 is 0 Å². The van der Waals surface area contributed by atoms with Gasteiger partial charge in [-0.2, -0.15) is 0 Å². The summed E-state index contributed by atoms with van der Waals surface area (Å²) in [6.07, 6.45) is 2.10. The Kier molecular flexibility index (Phi) is 5.89. The molecule has 0 aliphatic carbocycles. The van der Waals surface area contributed by atoms with Gasteiger partial charge in [-0.3, -0.25) is 0 Å². The first kappa shape index (κ1) is 15.0. The van der Waals surface area contributed by atoms with Crippen LogP contribution in [0.3, 0.4) is 0 Å². The van der Waals surface area contributed by atoms with Crippen LogP contribution in [0.1, 0.15) is 10.4 Å². The summed E-state index contributed by atoms with van der Waals surface area (Å²) in [5.41, 5.74) is 1.24. The summed E-state index contributed by atoms with van der Waals surface area (Å²) in [6, 6.07) is 10.3. The number of rotatable bonds is 6. The highest BCUT2D eigenvalue weighted by molar-refractivity contribution is 9.10. The van der Waals surface area contributed by atoms with Gasteiger partial charge in [0.25, 0.3) is 0 Å². The standard InChI is InChI=1S/C15H17BrClNS/c1-18-9-11(7-14-8-13(16)10-19-14)6-12-4-2-3-5-15(12)17/h2-5,8,10-11,18H,6-7,9H2,1H3. The van der Waals surface area contributed by atoms with Crippen LogP contribution in [0.2, 0.25) is 5.02 Å². The van der Waals surface area contributed by atoms with E-state index in [1.807, 2.05) is 30.5 Å². The van der Waals surface area contributed by atoms with Gasteiger partial charge in [-0.25, -0.2) is 0 Å². The molecule has 0 saturated heterocycles. The molecule has 0 bridgehead atoms. The highest BCUT2D eigenvalue weighted by atomic mass is 79.9. The molecule has 1 unspecified atom stereocenters. The summed E-state index contributed by atoms with van der Waals surface area (Å²) >= 11 is 11.6. The predicted octanol–water partition coefficient (Wildman–Crippen LogP) is 4.78. The molecule has 0 spiro atoms. The van der Waals surface area contributed by atoms with Crippen LogP contribution in [-0.2, 0) is 12.8 Å². The van der Waals surface area contributed by atoms with Crippen LogP contribution in [0.5, 0.6) is 0 Å². The lowest BCUT2D eigenvalue weighted by atomic mass is 9.95. The molecule has 0 saturated carbocycles. The van der Waals surface area contributed by atoms with Crippen molar-refractivity contribution < 1.29 is 0 Å². The maximum atomic E-state index is 6.25. The van der Waals surface area contributed by atoms with E-state index in [1.54, 1.807) is 0 Å². The van der Waals surface area contributed by atoms with Gasteiger partial charge in [0.1, 0.15) is 0 Å². The third-order valence-corrected chi connectivity index (χ3v) is 5.16. The van der Waals surface area contributed by atoms with Crippen molar-refractivity contribution in [2.75, 3.05) is 13.6 Å². The molecular weight excluding hydrogens is 342 g/mol. The predicted molar refractivity (Wildman–Crippen MR) is 88.3 cm³/mol. The Morgan fingerprint density at radius 1 is 1.32 bits per heavy atom. The third kappa shape index (κ3) is 4.60. The van der Waals surface area contributed by atoms with Crippen LogP contribution in [0.15, 0.2) is 40.2 Å². The second-order valence-electron chi connectivity index (χ2n) is 4.65. The van der Waals surface area contributed by atoms with Crippen molar-refractivity contribution in [3.8, 4) is 0 Å². The molecule has 1 aromatic heterocycles. The van der Waals surface area contributed by atoms with E-state index in [4.69, 9.17) is 11.6 Å². The molecule has 2 aromatic rings. The van der Waals surface area contributed by atoms with Crippen molar-refractivity contribution in [2.45, 2.75) is 12.8 Å². The van der Waals surface area contributed by atoms with Crippen LogP contribution in [0, 0.1) is 5.92 Å². The second kappa shape index (κ2) is 7.44.